The number of carbonyl (C=O) groups is 2. The molecule has 1 fully saturated rings. The fourth-order valence-electron chi connectivity index (χ4n) is 5.77. The summed E-state index contributed by atoms with van der Waals surface area (Å²) in [5.74, 6) is 0.827. The molecule has 0 spiro atoms. The molecule has 1 saturated heterocycles. The average molecular weight is 590 g/mol. The van der Waals surface area contributed by atoms with Crippen molar-refractivity contribution in [3.8, 4) is 23.0 Å². The van der Waals surface area contributed by atoms with E-state index in [0.717, 1.165) is 18.6 Å². The molecule has 2 N–H and O–H groups in total. The molecule has 36 heavy (non-hydrogen) atoms. The molecule has 3 unspecified atom stereocenters. The number of hydrogen-bond donors (Lipinski definition) is 2. The van der Waals surface area contributed by atoms with E-state index in [4.69, 9.17) is 18.9 Å². The van der Waals surface area contributed by atoms with Gasteiger partial charge in [0.15, 0.2) is 0 Å². The van der Waals surface area contributed by atoms with Crippen molar-refractivity contribution in [3.05, 3.63) is 77.4 Å². The number of hydrogen-bond acceptors (Lipinski definition) is 6. The Balaban J connectivity index is 1.43. The molecule has 0 aliphatic carbocycles. The topological polar surface area (TPSA) is 112 Å². The molecule has 3 atom stereocenters. The molecule has 0 saturated carbocycles. The second-order valence-corrected chi connectivity index (χ2v) is 18.2. The van der Waals surface area contributed by atoms with Gasteiger partial charge in [0.25, 0.3) is 0 Å². The first-order valence-electron chi connectivity index (χ1n) is 11.8. The standard InChI is InChI=1S/C20H18O6.C7H5O2.In/c1-12(13-2-4-14(5-3-13)20(23)24)8-16(10-19(21)22)15-6-7-17-18(9-15)26-11-25-17;1-2-4-7-6(3-1)8-5-9-7;/h2-7,9-10,12,16H,1,8,11H2,(H,21,22)(H,23,24);1,3-4H,5H2;. The van der Waals surface area contributed by atoms with Gasteiger partial charge in [-0.25, -0.2) is 0 Å². The van der Waals surface area contributed by atoms with Crippen LogP contribution >= 0.6 is 0 Å². The van der Waals surface area contributed by atoms with Gasteiger partial charge in [-0.15, -0.1) is 0 Å². The zero-order chi connectivity index (χ0) is 24.8. The molecule has 3 aliphatic heterocycles. The third kappa shape index (κ3) is 4.15. The Bertz CT molecular complexity index is 1270. The summed E-state index contributed by atoms with van der Waals surface area (Å²) in [4.78, 5) is 24.2. The number of rotatable bonds is 5. The molecule has 8 nitrogen and oxygen atoms in total. The Labute approximate surface area is 214 Å². The minimum atomic E-state index is -3.06. The van der Waals surface area contributed by atoms with Crippen molar-refractivity contribution in [3.63, 3.8) is 0 Å². The fourth-order valence-corrected chi connectivity index (χ4v) is 17.3. The number of benzene rings is 3. The molecular formula is C27H23InO8. The Morgan fingerprint density at radius 2 is 1.36 bits per heavy atom. The fraction of sp³-hybridized carbons (Fsp3) is 0.259. The van der Waals surface area contributed by atoms with Gasteiger partial charge in [-0.1, -0.05) is 0 Å². The predicted octanol–water partition coefficient (Wildman–Crippen LogP) is 3.97. The van der Waals surface area contributed by atoms with E-state index in [1.807, 2.05) is 48.5 Å². The summed E-state index contributed by atoms with van der Waals surface area (Å²) in [5.41, 5.74) is 2.21. The van der Waals surface area contributed by atoms with E-state index in [0.29, 0.717) is 29.4 Å². The molecule has 0 bridgehead atoms. The molecule has 3 aliphatic rings. The second kappa shape index (κ2) is 9.28. The van der Waals surface area contributed by atoms with Crippen LogP contribution in [0.5, 0.6) is 23.0 Å². The van der Waals surface area contributed by atoms with Crippen LogP contribution < -0.4 is 22.3 Å². The Kier molecular flexibility index (Phi) is 5.95. The maximum atomic E-state index is 12.8. The molecule has 0 radical (unpaired) electrons. The Morgan fingerprint density at radius 1 is 0.750 bits per heavy atom. The zero-order valence-electron chi connectivity index (χ0n) is 19.3. The van der Waals surface area contributed by atoms with Crippen LogP contribution in [0.25, 0.3) is 0 Å². The van der Waals surface area contributed by atoms with Crippen LogP contribution in [-0.4, -0.2) is 57.2 Å². The summed E-state index contributed by atoms with van der Waals surface area (Å²) in [6, 6.07) is 18.6. The summed E-state index contributed by atoms with van der Waals surface area (Å²) >= 11 is -3.06. The third-order valence-electron chi connectivity index (χ3n) is 7.51. The van der Waals surface area contributed by atoms with Crippen molar-refractivity contribution in [1.82, 2.24) is 0 Å². The first kappa shape index (κ1) is 23.1. The SMILES string of the molecule is O=C(O)c1ccc(C2CC(c3ccc4c(c3)OCO4)[CH](C(=O)O)[In]([c]3ccc4c(c3)OCO4)[CH2]2)cc1. The van der Waals surface area contributed by atoms with Gasteiger partial charge >= 0.3 is 215 Å². The first-order chi connectivity index (χ1) is 17.5. The Morgan fingerprint density at radius 3 is 2.03 bits per heavy atom. The van der Waals surface area contributed by atoms with E-state index in [9.17, 15) is 19.8 Å². The van der Waals surface area contributed by atoms with Crippen LogP contribution in [-0.2, 0) is 4.79 Å². The number of ether oxygens (including phenoxy) is 4. The molecule has 182 valence electrons. The van der Waals surface area contributed by atoms with Crippen LogP contribution in [0.15, 0.2) is 60.7 Å². The average Bonchev–Trinajstić information content (AvgIpc) is 3.56. The van der Waals surface area contributed by atoms with Crippen molar-refractivity contribution >= 4 is 36.7 Å². The zero-order valence-corrected chi connectivity index (χ0v) is 22.6. The van der Waals surface area contributed by atoms with Crippen LogP contribution in [0.4, 0.5) is 0 Å². The van der Waals surface area contributed by atoms with Gasteiger partial charge < -0.3 is 0 Å². The third-order valence-corrected chi connectivity index (χ3v) is 18.7. The molecule has 3 aromatic carbocycles. The van der Waals surface area contributed by atoms with E-state index in [1.165, 1.54) is 0 Å². The van der Waals surface area contributed by atoms with E-state index < -0.39 is 37.1 Å². The van der Waals surface area contributed by atoms with Gasteiger partial charge in [0.1, 0.15) is 0 Å². The second-order valence-electron chi connectivity index (χ2n) is 9.40. The van der Waals surface area contributed by atoms with Gasteiger partial charge in [-0.3, -0.25) is 0 Å². The van der Waals surface area contributed by atoms with Crippen LogP contribution in [0.2, 0.25) is 7.85 Å². The molecule has 3 heterocycles. The number of aromatic carboxylic acids is 1. The van der Waals surface area contributed by atoms with Crippen LogP contribution in [0.1, 0.15) is 39.7 Å². The van der Waals surface area contributed by atoms with Crippen molar-refractivity contribution in [1.29, 1.82) is 0 Å². The first-order valence-corrected chi connectivity index (χ1v) is 17.7. The minimum absolute atomic E-state index is 0.116. The van der Waals surface area contributed by atoms with Gasteiger partial charge in [0, 0.05) is 0 Å². The number of aliphatic carboxylic acids is 1. The number of carboxylic acids is 2. The monoisotopic (exact) mass is 590 g/mol. The van der Waals surface area contributed by atoms with E-state index in [2.05, 4.69) is 0 Å². The number of carboxylic acid groups (broad SMARTS) is 2. The van der Waals surface area contributed by atoms with Crippen molar-refractivity contribution in [2.24, 2.45) is 0 Å². The van der Waals surface area contributed by atoms with Crippen molar-refractivity contribution < 1.29 is 38.7 Å². The van der Waals surface area contributed by atoms with Gasteiger partial charge in [0.2, 0.25) is 0 Å². The van der Waals surface area contributed by atoms with E-state index in [-0.39, 0.29) is 31.0 Å². The molecule has 6 rings (SSSR count). The van der Waals surface area contributed by atoms with E-state index >= 15 is 0 Å². The van der Waals surface area contributed by atoms with Gasteiger partial charge in [0.05, 0.1) is 0 Å². The summed E-state index contributed by atoms with van der Waals surface area (Å²) < 4.78 is 23.6. The van der Waals surface area contributed by atoms with Crippen LogP contribution in [0, 0.1) is 0 Å². The summed E-state index contributed by atoms with van der Waals surface area (Å²) in [6.45, 7) is 0.323. The normalized spacial score (nSPS) is 21.9. The number of fused-ring (bicyclic) bond motifs is 2. The Hall–Kier alpha value is -3.33. The van der Waals surface area contributed by atoms with Crippen LogP contribution in [0.3, 0.4) is 0 Å². The predicted molar refractivity (Wildman–Crippen MR) is 130 cm³/mol. The van der Waals surface area contributed by atoms with E-state index in [1.54, 1.807) is 12.1 Å². The van der Waals surface area contributed by atoms with Gasteiger partial charge in [-0.05, 0) is 0 Å². The molecule has 0 amide bonds. The maximum absolute atomic E-state index is 12.8. The molecule has 0 aromatic heterocycles. The van der Waals surface area contributed by atoms with Crippen molar-refractivity contribution in [2.75, 3.05) is 13.6 Å². The van der Waals surface area contributed by atoms with Crippen molar-refractivity contribution in [2.45, 2.75) is 26.1 Å². The quantitative estimate of drug-likeness (QED) is 0.460. The summed E-state index contributed by atoms with van der Waals surface area (Å²) in [5, 5.41) is 19.8. The summed E-state index contributed by atoms with van der Waals surface area (Å²) in [7, 11) is 0. The molecule has 3 aromatic rings. The molecular weight excluding hydrogens is 567 g/mol. The van der Waals surface area contributed by atoms with Gasteiger partial charge in [-0.2, -0.15) is 0 Å². The summed E-state index contributed by atoms with van der Waals surface area (Å²) in [6.07, 6.45) is 0.654. The molecule has 9 heteroatoms.